The molecule has 1 aliphatic heterocycles. The minimum absolute atomic E-state index is 0.127. The van der Waals surface area contributed by atoms with Crippen molar-refractivity contribution >= 4 is 40.6 Å². The molecule has 1 saturated heterocycles. The monoisotopic (exact) mass is 516 g/mol. The number of thioether (sulfide) groups is 1. The second-order valence-electron chi connectivity index (χ2n) is 8.11. The van der Waals surface area contributed by atoms with E-state index in [9.17, 15) is 9.59 Å². The number of esters is 1. The molecule has 37 heavy (non-hydrogen) atoms. The van der Waals surface area contributed by atoms with Gasteiger partial charge in [-0.2, -0.15) is 0 Å². The SMILES string of the molecule is CCOC(=O)COc1ccc(/C=C2/SC(=Nc3ccccc3)N([C@@H](C)c3ccccc3)C2=O)cc1OC. The summed E-state index contributed by atoms with van der Waals surface area (Å²) >= 11 is 1.33. The first-order chi connectivity index (χ1) is 18.0. The van der Waals surface area contributed by atoms with E-state index >= 15 is 0 Å². The molecule has 7 nitrogen and oxygen atoms in total. The normalized spacial score (nSPS) is 16.2. The molecule has 3 aromatic carbocycles. The van der Waals surface area contributed by atoms with Crippen molar-refractivity contribution in [3.8, 4) is 11.5 Å². The lowest BCUT2D eigenvalue weighted by atomic mass is 10.1. The van der Waals surface area contributed by atoms with Crippen LogP contribution in [0.2, 0.25) is 0 Å². The summed E-state index contributed by atoms with van der Waals surface area (Å²) in [6.45, 7) is 3.80. The van der Waals surface area contributed by atoms with Crippen LogP contribution < -0.4 is 9.47 Å². The first kappa shape index (κ1) is 26.0. The summed E-state index contributed by atoms with van der Waals surface area (Å²) in [4.78, 5) is 32.3. The van der Waals surface area contributed by atoms with Crippen LogP contribution in [-0.2, 0) is 14.3 Å². The molecule has 4 rings (SSSR count). The Labute approximate surface area is 220 Å². The number of methoxy groups -OCH3 is 1. The maximum atomic E-state index is 13.6. The van der Waals surface area contributed by atoms with E-state index in [1.165, 1.54) is 18.9 Å². The fourth-order valence-electron chi connectivity index (χ4n) is 3.78. The Balaban J connectivity index is 1.64. The molecule has 190 valence electrons. The van der Waals surface area contributed by atoms with Crippen LogP contribution >= 0.6 is 11.8 Å². The first-order valence-electron chi connectivity index (χ1n) is 11.9. The zero-order valence-corrected chi connectivity index (χ0v) is 21.7. The average molecular weight is 517 g/mol. The van der Waals surface area contributed by atoms with Crippen molar-refractivity contribution < 1.29 is 23.8 Å². The summed E-state index contributed by atoms with van der Waals surface area (Å²) in [5.41, 5.74) is 2.54. The molecule has 8 heteroatoms. The molecular weight excluding hydrogens is 488 g/mol. The van der Waals surface area contributed by atoms with E-state index in [2.05, 4.69) is 0 Å². The van der Waals surface area contributed by atoms with Crippen LogP contribution in [0.5, 0.6) is 11.5 Å². The summed E-state index contributed by atoms with van der Waals surface area (Å²) in [6.07, 6.45) is 1.81. The third kappa shape index (κ3) is 6.40. The molecule has 0 radical (unpaired) electrons. The third-order valence-electron chi connectivity index (χ3n) is 5.62. The average Bonchev–Trinajstić information content (AvgIpc) is 3.22. The lowest BCUT2D eigenvalue weighted by Crippen LogP contribution is -2.32. The van der Waals surface area contributed by atoms with Crippen molar-refractivity contribution in [1.82, 2.24) is 4.90 Å². The predicted molar refractivity (Wildman–Crippen MR) is 146 cm³/mol. The van der Waals surface area contributed by atoms with Gasteiger partial charge in [0.15, 0.2) is 23.3 Å². The van der Waals surface area contributed by atoms with Gasteiger partial charge in [0, 0.05) is 0 Å². The number of hydrogen-bond acceptors (Lipinski definition) is 7. The van der Waals surface area contributed by atoms with E-state index in [0.717, 1.165) is 16.8 Å². The van der Waals surface area contributed by atoms with E-state index in [4.69, 9.17) is 19.2 Å². The Hall–Kier alpha value is -4.04. The van der Waals surface area contributed by atoms with Gasteiger partial charge in [-0.1, -0.05) is 54.6 Å². The van der Waals surface area contributed by atoms with Crippen LogP contribution in [0.1, 0.15) is 31.0 Å². The van der Waals surface area contributed by atoms with Gasteiger partial charge in [-0.05, 0) is 67.1 Å². The van der Waals surface area contributed by atoms with E-state index < -0.39 is 5.97 Å². The molecule has 0 bridgehead atoms. The summed E-state index contributed by atoms with van der Waals surface area (Å²) in [5, 5.41) is 0.611. The molecule has 0 unspecified atom stereocenters. The van der Waals surface area contributed by atoms with Crippen LogP contribution in [0.3, 0.4) is 0 Å². The number of carbonyl (C=O) groups is 2. The molecule has 0 saturated carbocycles. The lowest BCUT2D eigenvalue weighted by Gasteiger charge is -2.24. The molecule has 1 atom stereocenters. The van der Waals surface area contributed by atoms with E-state index in [0.29, 0.717) is 21.6 Å². The molecular formula is C29H28N2O5S. The van der Waals surface area contributed by atoms with Crippen molar-refractivity contribution in [2.45, 2.75) is 19.9 Å². The van der Waals surface area contributed by atoms with E-state index in [-0.39, 0.29) is 25.2 Å². The maximum absolute atomic E-state index is 13.6. The third-order valence-corrected chi connectivity index (χ3v) is 6.61. The Morgan fingerprint density at radius 2 is 1.73 bits per heavy atom. The topological polar surface area (TPSA) is 77.4 Å². The van der Waals surface area contributed by atoms with Gasteiger partial charge in [0.1, 0.15) is 0 Å². The van der Waals surface area contributed by atoms with Gasteiger partial charge in [-0.25, -0.2) is 9.79 Å². The van der Waals surface area contributed by atoms with E-state index in [1.807, 2.05) is 73.7 Å². The number of rotatable bonds is 9. The van der Waals surface area contributed by atoms with Crippen LogP contribution in [0.15, 0.2) is 88.8 Å². The number of ether oxygens (including phenoxy) is 3. The molecule has 0 aliphatic carbocycles. The molecule has 0 spiro atoms. The first-order valence-corrected chi connectivity index (χ1v) is 12.7. The van der Waals surface area contributed by atoms with Crippen molar-refractivity contribution in [2.75, 3.05) is 20.3 Å². The fraction of sp³-hybridized carbons (Fsp3) is 0.207. The Bertz CT molecular complexity index is 1310. The number of carbonyl (C=O) groups excluding carboxylic acids is 2. The smallest absolute Gasteiger partial charge is 0.344 e. The summed E-state index contributed by atoms with van der Waals surface area (Å²) < 4.78 is 15.9. The summed E-state index contributed by atoms with van der Waals surface area (Å²) in [7, 11) is 1.52. The second-order valence-corrected chi connectivity index (χ2v) is 9.12. The lowest BCUT2D eigenvalue weighted by molar-refractivity contribution is -0.145. The number of hydrogen-bond donors (Lipinski definition) is 0. The van der Waals surface area contributed by atoms with Crippen molar-refractivity contribution in [2.24, 2.45) is 4.99 Å². The number of nitrogens with zero attached hydrogens (tertiary/aromatic N) is 2. The molecule has 1 heterocycles. The molecule has 1 fully saturated rings. The Kier molecular flexibility index (Phi) is 8.64. The van der Waals surface area contributed by atoms with Gasteiger partial charge in [-0.3, -0.25) is 9.69 Å². The largest absolute Gasteiger partial charge is 0.493 e. The van der Waals surface area contributed by atoms with Crippen molar-refractivity contribution in [3.05, 3.63) is 94.9 Å². The minimum Gasteiger partial charge on any atom is -0.493 e. The minimum atomic E-state index is -0.457. The van der Waals surface area contributed by atoms with Gasteiger partial charge in [0.25, 0.3) is 5.91 Å². The van der Waals surface area contributed by atoms with Crippen LogP contribution in [0.25, 0.3) is 6.08 Å². The number of benzene rings is 3. The zero-order chi connectivity index (χ0) is 26.2. The van der Waals surface area contributed by atoms with E-state index in [1.54, 1.807) is 30.0 Å². The molecule has 0 N–H and O–H groups in total. The van der Waals surface area contributed by atoms with Gasteiger partial charge >= 0.3 is 5.97 Å². The van der Waals surface area contributed by atoms with Gasteiger partial charge in [0.2, 0.25) is 0 Å². The summed E-state index contributed by atoms with van der Waals surface area (Å²) in [5.74, 6) is 0.273. The van der Waals surface area contributed by atoms with Crippen LogP contribution in [0, 0.1) is 0 Å². The second kappa shape index (κ2) is 12.3. The van der Waals surface area contributed by atoms with Gasteiger partial charge < -0.3 is 14.2 Å². The Morgan fingerprint density at radius 3 is 2.41 bits per heavy atom. The highest BCUT2D eigenvalue weighted by atomic mass is 32.2. The van der Waals surface area contributed by atoms with Gasteiger partial charge in [0.05, 0.1) is 30.4 Å². The molecule has 0 aromatic heterocycles. The molecule has 1 amide bonds. The molecule has 3 aromatic rings. The zero-order valence-electron chi connectivity index (χ0n) is 20.9. The number of amides is 1. The van der Waals surface area contributed by atoms with Crippen molar-refractivity contribution in [3.63, 3.8) is 0 Å². The number of aliphatic imine (C=N–C) groups is 1. The quantitative estimate of drug-likeness (QED) is 0.256. The van der Waals surface area contributed by atoms with Crippen molar-refractivity contribution in [1.29, 1.82) is 0 Å². The maximum Gasteiger partial charge on any atom is 0.344 e. The highest BCUT2D eigenvalue weighted by molar-refractivity contribution is 8.18. The predicted octanol–water partition coefficient (Wildman–Crippen LogP) is 6.00. The molecule has 1 aliphatic rings. The highest BCUT2D eigenvalue weighted by Crippen LogP contribution is 2.40. The Morgan fingerprint density at radius 1 is 1.03 bits per heavy atom. The van der Waals surface area contributed by atoms with Crippen LogP contribution in [-0.4, -0.2) is 42.3 Å². The number of amidine groups is 1. The van der Waals surface area contributed by atoms with Gasteiger partial charge in [-0.15, -0.1) is 0 Å². The fourth-order valence-corrected chi connectivity index (χ4v) is 4.85. The summed E-state index contributed by atoms with van der Waals surface area (Å²) in [6, 6.07) is 24.5. The standard InChI is InChI=1S/C29H28N2O5S/c1-4-35-27(32)19-36-24-16-15-21(17-25(24)34-3)18-26-28(33)31(20(2)22-11-7-5-8-12-22)29(37-26)30-23-13-9-6-10-14-23/h5-18,20H,4,19H2,1-3H3/b26-18+,30-29?/t20-/m0/s1. The van der Waals surface area contributed by atoms with Crippen LogP contribution in [0.4, 0.5) is 5.69 Å². The highest BCUT2D eigenvalue weighted by Gasteiger charge is 2.37. The number of para-hydroxylation sites is 1.